The van der Waals surface area contributed by atoms with E-state index in [9.17, 15) is 0 Å². The number of aromatic nitrogens is 3. The first kappa shape index (κ1) is 10.6. The van der Waals surface area contributed by atoms with E-state index in [1.54, 1.807) is 0 Å². The first-order valence-electron chi connectivity index (χ1n) is 5.81. The van der Waals surface area contributed by atoms with Crippen molar-refractivity contribution in [1.82, 2.24) is 14.8 Å². The van der Waals surface area contributed by atoms with Crippen LogP contribution in [-0.2, 0) is 17.7 Å². The molecule has 1 aromatic heterocycles. The van der Waals surface area contributed by atoms with Crippen LogP contribution in [0.5, 0.6) is 0 Å². The summed E-state index contributed by atoms with van der Waals surface area (Å²) in [4.78, 5) is 0. The molecule has 0 aliphatic heterocycles. The second-order valence-electron chi connectivity index (χ2n) is 4.15. The number of nitrogens with zero attached hydrogens (tertiary/aromatic N) is 3. The largest absolute Gasteiger partial charge is 0.378 e. The van der Waals surface area contributed by atoms with Crippen LogP contribution in [0.15, 0.2) is 6.33 Å². The molecule has 1 saturated carbocycles. The fourth-order valence-electron chi connectivity index (χ4n) is 2.17. The van der Waals surface area contributed by atoms with Crippen LogP contribution in [0.4, 0.5) is 0 Å². The molecule has 4 nitrogen and oxygen atoms in total. The van der Waals surface area contributed by atoms with Crippen LogP contribution in [0.25, 0.3) is 0 Å². The van der Waals surface area contributed by atoms with Crippen molar-refractivity contribution in [3.63, 3.8) is 0 Å². The Morgan fingerprint density at radius 3 is 2.93 bits per heavy atom. The lowest BCUT2D eigenvalue weighted by Crippen LogP contribution is -2.33. The first-order valence-corrected chi connectivity index (χ1v) is 5.81. The van der Waals surface area contributed by atoms with Gasteiger partial charge in [-0.2, -0.15) is 0 Å². The Bertz CT molecular complexity index is 305. The molecule has 0 spiro atoms. The van der Waals surface area contributed by atoms with Gasteiger partial charge < -0.3 is 9.30 Å². The lowest BCUT2D eigenvalue weighted by molar-refractivity contribution is -0.0247. The summed E-state index contributed by atoms with van der Waals surface area (Å²) in [6.45, 7) is 5.98. The van der Waals surface area contributed by atoms with Crippen molar-refractivity contribution in [2.75, 3.05) is 6.61 Å². The number of ether oxygens (including phenoxy) is 1. The summed E-state index contributed by atoms with van der Waals surface area (Å²) < 4.78 is 7.66. The van der Waals surface area contributed by atoms with Gasteiger partial charge >= 0.3 is 0 Å². The molecule has 0 amide bonds. The number of aryl methyl sites for hydroxylation is 1. The molecule has 0 atom stereocenters. The highest BCUT2D eigenvalue weighted by Crippen LogP contribution is 2.32. The van der Waals surface area contributed by atoms with Gasteiger partial charge in [0.05, 0.1) is 6.10 Å². The molecular formula is C11H19N3O. The van der Waals surface area contributed by atoms with Crippen molar-refractivity contribution < 1.29 is 4.74 Å². The minimum Gasteiger partial charge on any atom is -0.378 e. The van der Waals surface area contributed by atoms with E-state index in [4.69, 9.17) is 4.74 Å². The highest BCUT2D eigenvalue weighted by molar-refractivity contribution is 4.93. The van der Waals surface area contributed by atoms with Crippen LogP contribution in [0, 0.1) is 5.92 Å². The molecule has 15 heavy (non-hydrogen) atoms. The Labute approximate surface area is 90.7 Å². The maximum atomic E-state index is 5.54. The van der Waals surface area contributed by atoms with Gasteiger partial charge in [0.15, 0.2) is 0 Å². The minimum absolute atomic E-state index is 0.498. The van der Waals surface area contributed by atoms with E-state index in [1.807, 2.05) is 6.33 Å². The van der Waals surface area contributed by atoms with Gasteiger partial charge in [0.25, 0.3) is 0 Å². The zero-order valence-corrected chi connectivity index (χ0v) is 9.52. The van der Waals surface area contributed by atoms with Gasteiger partial charge in [-0.05, 0) is 32.6 Å². The highest BCUT2D eigenvalue weighted by atomic mass is 16.5. The topological polar surface area (TPSA) is 39.9 Å². The van der Waals surface area contributed by atoms with Crippen LogP contribution in [0.2, 0.25) is 0 Å². The van der Waals surface area contributed by atoms with Crippen molar-refractivity contribution in [3.8, 4) is 0 Å². The molecule has 0 unspecified atom stereocenters. The number of hydrogen-bond donors (Lipinski definition) is 0. The van der Waals surface area contributed by atoms with Crippen molar-refractivity contribution in [3.05, 3.63) is 12.2 Å². The Kier molecular flexibility index (Phi) is 3.36. The lowest BCUT2D eigenvalue weighted by Gasteiger charge is -2.34. The number of hydrogen-bond acceptors (Lipinski definition) is 3. The van der Waals surface area contributed by atoms with E-state index < -0.39 is 0 Å². The maximum absolute atomic E-state index is 5.54. The lowest BCUT2D eigenvalue weighted by atomic mass is 9.80. The van der Waals surface area contributed by atoms with E-state index in [0.29, 0.717) is 6.10 Å². The third kappa shape index (κ3) is 2.37. The van der Waals surface area contributed by atoms with Crippen LogP contribution in [-0.4, -0.2) is 27.5 Å². The predicted octanol–water partition coefficient (Wildman–Crippen LogP) is 1.66. The molecule has 4 heteroatoms. The summed E-state index contributed by atoms with van der Waals surface area (Å²) >= 11 is 0. The summed E-state index contributed by atoms with van der Waals surface area (Å²) in [5.74, 6) is 1.87. The number of rotatable bonds is 5. The summed E-state index contributed by atoms with van der Waals surface area (Å²) in [6.07, 6.45) is 5.73. The van der Waals surface area contributed by atoms with E-state index >= 15 is 0 Å². The van der Waals surface area contributed by atoms with E-state index in [0.717, 1.165) is 31.3 Å². The van der Waals surface area contributed by atoms with Crippen LogP contribution in [0.3, 0.4) is 0 Å². The highest BCUT2D eigenvalue weighted by Gasteiger charge is 2.30. The molecule has 1 aliphatic carbocycles. The van der Waals surface area contributed by atoms with Crippen LogP contribution < -0.4 is 0 Å². The average molecular weight is 209 g/mol. The van der Waals surface area contributed by atoms with Crippen molar-refractivity contribution in [1.29, 1.82) is 0 Å². The monoisotopic (exact) mass is 209 g/mol. The smallest absolute Gasteiger partial charge is 0.133 e. The van der Waals surface area contributed by atoms with Gasteiger partial charge in [-0.25, -0.2) is 0 Å². The molecule has 0 saturated heterocycles. The van der Waals surface area contributed by atoms with Gasteiger partial charge in [-0.1, -0.05) is 0 Å². The molecule has 0 aromatic carbocycles. The molecule has 2 rings (SSSR count). The average Bonchev–Trinajstić information content (AvgIpc) is 2.62. The third-order valence-corrected chi connectivity index (χ3v) is 3.10. The molecule has 1 aliphatic rings. The summed E-state index contributed by atoms with van der Waals surface area (Å²) in [6, 6.07) is 0. The summed E-state index contributed by atoms with van der Waals surface area (Å²) in [5, 5.41) is 8.09. The molecule has 1 fully saturated rings. The molecule has 84 valence electrons. The molecule has 0 N–H and O–H groups in total. The Morgan fingerprint density at radius 1 is 1.47 bits per heavy atom. The third-order valence-electron chi connectivity index (χ3n) is 3.10. The second kappa shape index (κ2) is 4.75. The van der Waals surface area contributed by atoms with Gasteiger partial charge in [-0.3, -0.25) is 0 Å². The van der Waals surface area contributed by atoms with Gasteiger partial charge in [-0.15, -0.1) is 10.2 Å². The molecular weight excluding hydrogens is 190 g/mol. The van der Waals surface area contributed by atoms with Crippen LogP contribution >= 0.6 is 0 Å². The maximum Gasteiger partial charge on any atom is 0.133 e. The van der Waals surface area contributed by atoms with Crippen molar-refractivity contribution in [2.24, 2.45) is 5.92 Å². The zero-order valence-electron chi connectivity index (χ0n) is 9.52. The Morgan fingerprint density at radius 2 is 2.27 bits per heavy atom. The molecule has 0 bridgehead atoms. The quantitative estimate of drug-likeness (QED) is 0.740. The van der Waals surface area contributed by atoms with E-state index in [2.05, 4.69) is 28.6 Å². The summed E-state index contributed by atoms with van der Waals surface area (Å²) in [5.41, 5.74) is 0. The van der Waals surface area contributed by atoms with E-state index in [-0.39, 0.29) is 0 Å². The molecule has 1 heterocycles. The fourth-order valence-corrected chi connectivity index (χ4v) is 2.17. The zero-order chi connectivity index (χ0) is 10.7. The minimum atomic E-state index is 0.498. The summed E-state index contributed by atoms with van der Waals surface area (Å²) in [7, 11) is 0. The normalized spacial score (nSPS) is 25.2. The van der Waals surface area contributed by atoms with Gasteiger partial charge in [0.1, 0.15) is 12.2 Å². The molecule has 0 radical (unpaired) electrons. The Balaban J connectivity index is 1.79. The van der Waals surface area contributed by atoms with Crippen molar-refractivity contribution in [2.45, 2.75) is 45.8 Å². The first-order chi connectivity index (χ1) is 7.33. The van der Waals surface area contributed by atoms with Gasteiger partial charge in [0, 0.05) is 19.6 Å². The Hall–Kier alpha value is -0.900. The van der Waals surface area contributed by atoms with E-state index in [1.165, 1.54) is 12.8 Å². The second-order valence-corrected chi connectivity index (χ2v) is 4.15. The fraction of sp³-hybridized carbons (Fsp3) is 0.818. The predicted molar refractivity (Wildman–Crippen MR) is 57.5 cm³/mol. The van der Waals surface area contributed by atoms with Gasteiger partial charge in [0.2, 0.25) is 0 Å². The molecule has 1 aromatic rings. The standard InChI is InChI=1S/C11H19N3O/c1-3-14-8-12-13-11(14)7-9-5-10(6-9)15-4-2/h8-10H,3-7H2,1-2H3. The van der Waals surface area contributed by atoms with Crippen molar-refractivity contribution >= 4 is 0 Å². The van der Waals surface area contributed by atoms with Crippen LogP contribution in [0.1, 0.15) is 32.5 Å². The SMILES string of the molecule is CCOC1CC(Cc2nncn2CC)C1.